The lowest BCUT2D eigenvalue weighted by Gasteiger charge is -2.03. The third-order valence-electron chi connectivity index (χ3n) is 2.05. The molecule has 0 amide bonds. The van der Waals surface area contributed by atoms with Gasteiger partial charge < -0.3 is 0 Å². The molecule has 0 N–H and O–H groups in total. The number of aryl methyl sites for hydroxylation is 1. The van der Waals surface area contributed by atoms with Gasteiger partial charge in [-0.05, 0) is 25.0 Å². The van der Waals surface area contributed by atoms with E-state index >= 15 is 0 Å². The van der Waals surface area contributed by atoms with Gasteiger partial charge in [0.05, 0.1) is 4.92 Å². The first-order valence-corrected chi connectivity index (χ1v) is 3.86. The topological polar surface area (TPSA) is 43.1 Å². The molecule has 0 aromatic heterocycles. The van der Waals surface area contributed by atoms with Gasteiger partial charge in [-0.25, -0.2) is 4.39 Å². The van der Waals surface area contributed by atoms with Crippen molar-refractivity contribution in [2.24, 2.45) is 0 Å². The van der Waals surface area contributed by atoms with Gasteiger partial charge in [-0.2, -0.15) is 0 Å². The van der Waals surface area contributed by atoms with E-state index in [2.05, 4.69) is 0 Å². The molecular weight excluding hydrogens is 173 g/mol. The van der Waals surface area contributed by atoms with Crippen molar-refractivity contribution in [3.8, 4) is 0 Å². The molecule has 0 aliphatic carbocycles. The zero-order valence-electron chi connectivity index (χ0n) is 7.50. The molecule has 0 radical (unpaired) electrons. The highest BCUT2D eigenvalue weighted by Gasteiger charge is 2.13. The summed E-state index contributed by atoms with van der Waals surface area (Å²) in [5.41, 5.74) is 1.70. The van der Waals surface area contributed by atoms with Crippen LogP contribution in [0, 0.1) is 24.0 Å². The summed E-state index contributed by atoms with van der Waals surface area (Å²) in [4.78, 5) is 10.0. The fourth-order valence-corrected chi connectivity index (χ4v) is 1.18. The molecule has 0 fully saturated rings. The van der Waals surface area contributed by atoms with Crippen molar-refractivity contribution in [1.29, 1.82) is 0 Å². The smallest absolute Gasteiger partial charge is 0.258 e. The van der Waals surface area contributed by atoms with Crippen LogP contribution in [0.15, 0.2) is 12.1 Å². The predicted molar refractivity (Wildman–Crippen MR) is 47.4 cm³/mol. The highest BCUT2D eigenvalue weighted by Crippen LogP contribution is 2.23. The Morgan fingerprint density at radius 1 is 1.46 bits per heavy atom. The molecule has 0 aliphatic rings. The number of nitro benzene ring substituents is 1. The highest BCUT2D eigenvalue weighted by molar-refractivity contribution is 5.47. The number of alkyl halides is 1. The molecule has 0 atom stereocenters. The second-order valence-electron chi connectivity index (χ2n) is 2.95. The van der Waals surface area contributed by atoms with Crippen LogP contribution in [0.5, 0.6) is 0 Å². The lowest BCUT2D eigenvalue weighted by Crippen LogP contribution is -1.95. The number of nitrogens with zero attached hydrogens (tertiary/aromatic N) is 1. The van der Waals surface area contributed by atoms with Gasteiger partial charge in [-0.1, -0.05) is 6.07 Å². The Hall–Kier alpha value is -1.45. The summed E-state index contributed by atoms with van der Waals surface area (Å²) >= 11 is 0. The summed E-state index contributed by atoms with van der Waals surface area (Å²) in [7, 11) is 0. The summed E-state index contributed by atoms with van der Waals surface area (Å²) in [6.45, 7) is 2.74. The van der Waals surface area contributed by atoms with Crippen molar-refractivity contribution < 1.29 is 9.31 Å². The summed E-state index contributed by atoms with van der Waals surface area (Å²) in [5, 5.41) is 10.5. The lowest BCUT2D eigenvalue weighted by atomic mass is 10.0. The van der Waals surface area contributed by atoms with Crippen molar-refractivity contribution in [1.82, 2.24) is 0 Å². The molecular formula is C9H10FNO2. The zero-order valence-corrected chi connectivity index (χ0v) is 7.50. The van der Waals surface area contributed by atoms with Crippen molar-refractivity contribution in [3.05, 3.63) is 38.9 Å². The van der Waals surface area contributed by atoms with Gasteiger partial charge in [0.2, 0.25) is 0 Å². The van der Waals surface area contributed by atoms with E-state index in [1.54, 1.807) is 19.9 Å². The Bertz CT molecular complexity index is 350. The van der Waals surface area contributed by atoms with Crippen LogP contribution in [0.3, 0.4) is 0 Å². The fraction of sp³-hybridized carbons (Fsp3) is 0.333. The van der Waals surface area contributed by atoms with Gasteiger partial charge in [0, 0.05) is 11.6 Å². The van der Waals surface area contributed by atoms with Crippen molar-refractivity contribution in [2.45, 2.75) is 20.5 Å². The zero-order chi connectivity index (χ0) is 10.0. The van der Waals surface area contributed by atoms with Gasteiger partial charge in [0.1, 0.15) is 6.67 Å². The Kier molecular flexibility index (Phi) is 2.60. The third kappa shape index (κ3) is 1.83. The maximum atomic E-state index is 12.3. The SMILES string of the molecule is Cc1cc(CF)cc([N+](=O)[O-])c1C. The summed E-state index contributed by atoms with van der Waals surface area (Å²) in [6.07, 6.45) is 0. The first-order valence-electron chi connectivity index (χ1n) is 3.86. The Labute approximate surface area is 75.3 Å². The van der Waals surface area contributed by atoms with E-state index in [-0.39, 0.29) is 5.69 Å². The second-order valence-corrected chi connectivity index (χ2v) is 2.95. The largest absolute Gasteiger partial charge is 0.272 e. The normalized spacial score (nSPS) is 10.1. The Balaban J connectivity index is 3.33. The molecule has 0 unspecified atom stereocenters. The van der Waals surface area contributed by atoms with Crippen LogP contribution >= 0.6 is 0 Å². The van der Waals surface area contributed by atoms with Crippen molar-refractivity contribution in [3.63, 3.8) is 0 Å². The summed E-state index contributed by atoms with van der Waals surface area (Å²) in [5.74, 6) is 0. The van der Waals surface area contributed by atoms with Gasteiger partial charge in [0.25, 0.3) is 5.69 Å². The van der Waals surface area contributed by atoms with E-state index in [1.165, 1.54) is 6.07 Å². The second kappa shape index (κ2) is 3.51. The van der Waals surface area contributed by atoms with E-state index in [1.807, 2.05) is 0 Å². The Morgan fingerprint density at radius 3 is 2.54 bits per heavy atom. The van der Waals surface area contributed by atoms with Gasteiger partial charge >= 0.3 is 0 Å². The first-order chi connectivity index (χ1) is 6.06. The van der Waals surface area contributed by atoms with Crippen molar-refractivity contribution in [2.75, 3.05) is 0 Å². The van der Waals surface area contributed by atoms with Crippen LogP contribution in [0.2, 0.25) is 0 Å². The van der Waals surface area contributed by atoms with E-state index in [0.717, 1.165) is 5.56 Å². The van der Waals surface area contributed by atoms with Crippen LogP contribution in [-0.4, -0.2) is 4.92 Å². The van der Waals surface area contributed by atoms with E-state index in [0.29, 0.717) is 11.1 Å². The number of hydrogen-bond donors (Lipinski definition) is 0. The molecule has 0 spiro atoms. The number of rotatable bonds is 2. The maximum absolute atomic E-state index is 12.3. The average molecular weight is 183 g/mol. The molecule has 3 nitrogen and oxygen atoms in total. The minimum Gasteiger partial charge on any atom is -0.258 e. The fourth-order valence-electron chi connectivity index (χ4n) is 1.18. The summed E-state index contributed by atoms with van der Waals surface area (Å²) < 4.78 is 12.3. The molecule has 1 aromatic carbocycles. The molecule has 0 saturated heterocycles. The molecule has 0 saturated carbocycles. The van der Waals surface area contributed by atoms with E-state index in [4.69, 9.17) is 0 Å². The van der Waals surface area contributed by atoms with Gasteiger partial charge in [0.15, 0.2) is 0 Å². The Morgan fingerprint density at radius 2 is 2.08 bits per heavy atom. The van der Waals surface area contributed by atoms with E-state index < -0.39 is 11.6 Å². The third-order valence-corrected chi connectivity index (χ3v) is 2.05. The van der Waals surface area contributed by atoms with E-state index in [9.17, 15) is 14.5 Å². The van der Waals surface area contributed by atoms with Crippen LogP contribution in [0.4, 0.5) is 10.1 Å². The predicted octanol–water partition coefficient (Wildman–Crippen LogP) is 2.68. The van der Waals surface area contributed by atoms with Crippen LogP contribution in [-0.2, 0) is 6.67 Å². The first kappa shape index (κ1) is 9.64. The van der Waals surface area contributed by atoms with Gasteiger partial charge in [-0.15, -0.1) is 0 Å². The standard InChI is InChI=1S/C9H10FNO2/c1-6-3-8(5-10)4-9(7(6)2)11(12)13/h3-4H,5H2,1-2H3. The quantitative estimate of drug-likeness (QED) is 0.522. The minimum absolute atomic E-state index is 0.00681. The molecule has 4 heteroatoms. The van der Waals surface area contributed by atoms with Gasteiger partial charge in [-0.3, -0.25) is 10.1 Å². The monoisotopic (exact) mass is 183 g/mol. The molecule has 1 rings (SSSR count). The number of halogens is 1. The number of benzene rings is 1. The summed E-state index contributed by atoms with van der Waals surface area (Å²) in [6, 6.07) is 2.91. The molecule has 0 heterocycles. The van der Waals surface area contributed by atoms with Crippen LogP contribution in [0.25, 0.3) is 0 Å². The maximum Gasteiger partial charge on any atom is 0.272 e. The molecule has 13 heavy (non-hydrogen) atoms. The molecule has 1 aromatic rings. The molecule has 0 aliphatic heterocycles. The minimum atomic E-state index is -0.665. The number of hydrogen-bond acceptors (Lipinski definition) is 2. The lowest BCUT2D eigenvalue weighted by molar-refractivity contribution is -0.385. The van der Waals surface area contributed by atoms with Crippen LogP contribution < -0.4 is 0 Å². The number of nitro groups is 1. The molecule has 70 valence electrons. The highest BCUT2D eigenvalue weighted by atomic mass is 19.1. The van der Waals surface area contributed by atoms with Crippen LogP contribution in [0.1, 0.15) is 16.7 Å². The average Bonchev–Trinajstić information content (AvgIpc) is 2.09. The van der Waals surface area contributed by atoms with Crippen molar-refractivity contribution >= 4 is 5.69 Å². The molecule has 0 bridgehead atoms.